The van der Waals surface area contributed by atoms with Gasteiger partial charge in [0.05, 0.1) is 23.7 Å². The van der Waals surface area contributed by atoms with Crippen molar-refractivity contribution < 1.29 is 36.2 Å². The molecule has 36 heavy (non-hydrogen) atoms. The lowest BCUT2D eigenvalue weighted by molar-refractivity contribution is -0.138. The third kappa shape index (κ3) is 6.30. The van der Waals surface area contributed by atoms with Gasteiger partial charge in [-0.1, -0.05) is 38.8 Å². The fourth-order valence-electron chi connectivity index (χ4n) is 4.27. The van der Waals surface area contributed by atoms with E-state index in [0.717, 1.165) is 56.0 Å². The SMILES string of the molecule is CCCCN(CCCC)C(=O)CC(O)c1cc2ccc(C(F)(F)F)cc2c2cc(C(F)(F)F)ccc12. The number of alkyl halides is 6. The number of hydrogen-bond acceptors (Lipinski definition) is 2. The van der Waals surface area contributed by atoms with Gasteiger partial charge in [0.2, 0.25) is 5.91 Å². The zero-order chi connectivity index (χ0) is 26.7. The number of benzene rings is 3. The maximum absolute atomic E-state index is 13.4. The van der Waals surface area contributed by atoms with E-state index in [0.29, 0.717) is 13.1 Å². The first kappa shape index (κ1) is 27.8. The molecule has 0 saturated heterocycles. The Bertz CT molecular complexity index is 1210. The lowest BCUT2D eigenvalue weighted by atomic mass is 9.91. The van der Waals surface area contributed by atoms with Gasteiger partial charge in [-0.2, -0.15) is 26.3 Å². The quantitative estimate of drug-likeness (QED) is 0.234. The number of aliphatic hydroxyl groups excluding tert-OH is 1. The van der Waals surface area contributed by atoms with Gasteiger partial charge >= 0.3 is 12.4 Å². The monoisotopic (exact) mass is 513 g/mol. The molecule has 1 atom stereocenters. The predicted octanol–water partition coefficient (Wildman–Crippen LogP) is 7.88. The molecule has 196 valence electrons. The second-order valence-electron chi connectivity index (χ2n) is 8.97. The summed E-state index contributed by atoms with van der Waals surface area (Å²) in [6.45, 7) is 5.07. The molecule has 3 nitrogen and oxygen atoms in total. The fourth-order valence-corrected chi connectivity index (χ4v) is 4.27. The maximum Gasteiger partial charge on any atom is 0.416 e. The lowest BCUT2D eigenvalue weighted by Crippen LogP contribution is -2.33. The summed E-state index contributed by atoms with van der Waals surface area (Å²) in [7, 11) is 0. The summed E-state index contributed by atoms with van der Waals surface area (Å²) in [5.41, 5.74) is -1.80. The molecule has 1 amide bonds. The molecule has 3 rings (SSSR count). The van der Waals surface area contributed by atoms with E-state index in [2.05, 4.69) is 0 Å². The minimum atomic E-state index is -4.70. The van der Waals surface area contributed by atoms with Crippen molar-refractivity contribution in [2.75, 3.05) is 13.1 Å². The fraction of sp³-hybridized carbons (Fsp3) is 0.444. The molecule has 1 unspecified atom stereocenters. The highest BCUT2D eigenvalue weighted by Crippen LogP contribution is 2.40. The van der Waals surface area contributed by atoms with Gasteiger partial charge in [0.15, 0.2) is 0 Å². The van der Waals surface area contributed by atoms with Gasteiger partial charge in [-0.3, -0.25) is 4.79 Å². The van der Waals surface area contributed by atoms with Crippen molar-refractivity contribution in [3.05, 3.63) is 59.2 Å². The predicted molar refractivity (Wildman–Crippen MR) is 127 cm³/mol. The number of nitrogens with zero attached hydrogens (tertiary/aromatic N) is 1. The molecular formula is C27H29F6NO2. The molecule has 0 aliphatic carbocycles. The molecule has 0 aromatic heterocycles. The Morgan fingerprint density at radius 1 is 0.806 bits per heavy atom. The highest BCUT2D eigenvalue weighted by molar-refractivity contribution is 6.09. The van der Waals surface area contributed by atoms with Gasteiger partial charge in [0.1, 0.15) is 0 Å². The minimum absolute atomic E-state index is 0.0132. The van der Waals surface area contributed by atoms with Gasteiger partial charge in [0.25, 0.3) is 0 Å². The molecule has 1 N–H and O–H groups in total. The molecule has 0 saturated carbocycles. The third-order valence-corrected chi connectivity index (χ3v) is 6.28. The summed E-state index contributed by atoms with van der Waals surface area (Å²) in [5, 5.41) is 11.3. The van der Waals surface area contributed by atoms with Crippen LogP contribution in [0.15, 0.2) is 42.5 Å². The second kappa shape index (κ2) is 11.1. The van der Waals surface area contributed by atoms with Gasteiger partial charge in [0, 0.05) is 13.1 Å². The van der Waals surface area contributed by atoms with Crippen LogP contribution in [0.3, 0.4) is 0 Å². The number of amides is 1. The van der Waals surface area contributed by atoms with Crippen LogP contribution in [0, 0.1) is 0 Å². The zero-order valence-electron chi connectivity index (χ0n) is 20.1. The highest BCUT2D eigenvalue weighted by Gasteiger charge is 2.33. The van der Waals surface area contributed by atoms with E-state index in [4.69, 9.17) is 0 Å². The van der Waals surface area contributed by atoms with E-state index in [9.17, 15) is 36.2 Å². The van der Waals surface area contributed by atoms with Crippen LogP contribution in [-0.2, 0) is 17.1 Å². The number of hydrogen-bond donors (Lipinski definition) is 1. The van der Waals surface area contributed by atoms with Crippen LogP contribution in [0.4, 0.5) is 26.3 Å². The van der Waals surface area contributed by atoms with Crippen LogP contribution < -0.4 is 0 Å². The smallest absolute Gasteiger partial charge is 0.388 e. The van der Waals surface area contributed by atoms with Crippen LogP contribution in [0.25, 0.3) is 21.5 Å². The number of carbonyl (C=O) groups is 1. The molecule has 0 radical (unpaired) electrons. The van der Waals surface area contributed by atoms with Crippen molar-refractivity contribution in [2.45, 2.75) is 64.4 Å². The van der Waals surface area contributed by atoms with E-state index in [1.165, 1.54) is 12.1 Å². The number of rotatable bonds is 9. The van der Waals surface area contributed by atoms with E-state index in [1.54, 1.807) is 4.90 Å². The highest BCUT2D eigenvalue weighted by atomic mass is 19.4. The Morgan fingerprint density at radius 2 is 1.33 bits per heavy atom. The van der Waals surface area contributed by atoms with Gasteiger partial charge in [-0.05, 0) is 70.3 Å². The topological polar surface area (TPSA) is 40.5 Å². The Morgan fingerprint density at radius 3 is 1.86 bits per heavy atom. The Balaban J connectivity index is 2.10. The van der Waals surface area contributed by atoms with E-state index in [1.807, 2.05) is 13.8 Å². The van der Waals surface area contributed by atoms with Gasteiger partial charge < -0.3 is 10.0 Å². The van der Waals surface area contributed by atoms with Crippen molar-refractivity contribution in [1.82, 2.24) is 4.90 Å². The number of carbonyl (C=O) groups excluding carboxylic acids is 1. The summed E-state index contributed by atoms with van der Waals surface area (Å²) in [6.07, 6.45) is -7.63. The molecular weight excluding hydrogens is 484 g/mol. The van der Waals surface area contributed by atoms with Gasteiger partial charge in [-0.15, -0.1) is 0 Å². The molecule has 3 aromatic rings. The van der Waals surface area contributed by atoms with Crippen molar-refractivity contribution in [2.24, 2.45) is 0 Å². The van der Waals surface area contributed by atoms with Crippen molar-refractivity contribution in [3.8, 4) is 0 Å². The number of unbranched alkanes of at least 4 members (excludes halogenated alkanes) is 2. The first-order valence-electron chi connectivity index (χ1n) is 12.0. The maximum atomic E-state index is 13.4. The number of aliphatic hydroxyl groups is 1. The van der Waals surface area contributed by atoms with Crippen molar-refractivity contribution in [3.63, 3.8) is 0 Å². The van der Waals surface area contributed by atoms with Crippen molar-refractivity contribution in [1.29, 1.82) is 0 Å². The first-order chi connectivity index (χ1) is 16.9. The Kier molecular flexibility index (Phi) is 8.54. The molecule has 3 aromatic carbocycles. The summed E-state index contributed by atoms with van der Waals surface area (Å²) in [5.74, 6) is -0.281. The summed E-state index contributed by atoms with van der Waals surface area (Å²) in [6, 6.07) is 7.05. The standard InChI is InChI=1S/C27H29F6NO2/c1-3-5-11-34(12-6-4-2)25(36)16-24(35)23-13-17-7-8-18(26(28,29)30)14-21(17)22-15-19(27(31,32)33)9-10-20(22)23/h7-10,13-15,24,35H,3-6,11-12,16H2,1-2H3. The van der Waals surface area contributed by atoms with Crippen LogP contribution in [0.5, 0.6) is 0 Å². The van der Waals surface area contributed by atoms with E-state index < -0.39 is 29.6 Å². The summed E-state index contributed by atoms with van der Waals surface area (Å²) < 4.78 is 80.3. The molecule has 0 aliphatic rings. The third-order valence-electron chi connectivity index (χ3n) is 6.28. The summed E-state index contributed by atoms with van der Waals surface area (Å²) in [4.78, 5) is 14.6. The summed E-state index contributed by atoms with van der Waals surface area (Å²) >= 11 is 0. The Labute approximate surface area is 205 Å². The average molecular weight is 514 g/mol. The van der Waals surface area contributed by atoms with E-state index >= 15 is 0 Å². The molecule has 0 bridgehead atoms. The largest absolute Gasteiger partial charge is 0.416 e. The van der Waals surface area contributed by atoms with Crippen LogP contribution >= 0.6 is 0 Å². The molecule has 0 heterocycles. The number of fused-ring (bicyclic) bond motifs is 3. The van der Waals surface area contributed by atoms with Crippen LogP contribution in [0.1, 0.15) is 68.7 Å². The van der Waals surface area contributed by atoms with Crippen molar-refractivity contribution >= 4 is 27.5 Å². The Hall–Kier alpha value is -2.81. The lowest BCUT2D eigenvalue weighted by Gasteiger charge is -2.24. The van der Waals surface area contributed by atoms with Crippen LogP contribution in [0.2, 0.25) is 0 Å². The average Bonchev–Trinajstić information content (AvgIpc) is 2.81. The molecule has 0 aliphatic heterocycles. The normalized spacial score (nSPS) is 13.4. The molecule has 0 spiro atoms. The van der Waals surface area contributed by atoms with E-state index in [-0.39, 0.29) is 39.4 Å². The molecule has 0 fully saturated rings. The minimum Gasteiger partial charge on any atom is -0.388 e. The second-order valence-corrected chi connectivity index (χ2v) is 8.97. The van der Waals surface area contributed by atoms with Crippen LogP contribution in [-0.4, -0.2) is 29.0 Å². The zero-order valence-corrected chi connectivity index (χ0v) is 20.1. The first-order valence-corrected chi connectivity index (χ1v) is 12.0. The van der Waals surface area contributed by atoms with Gasteiger partial charge in [-0.25, -0.2) is 0 Å². The number of halogens is 6. The molecule has 9 heteroatoms.